The van der Waals surface area contributed by atoms with Gasteiger partial charge in [-0.2, -0.15) is 11.8 Å². The smallest absolute Gasteiger partial charge is 0.00363 e. The van der Waals surface area contributed by atoms with Crippen molar-refractivity contribution in [3.63, 3.8) is 0 Å². The summed E-state index contributed by atoms with van der Waals surface area (Å²) in [6.07, 6.45) is 8.64. The molecule has 2 atom stereocenters. The van der Waals surface area contributed by atoms with E-state index in [4.69, 9.17) is 0 Å². The van der Waals surface area contributed by atoms with Crippen LogP contribution in [-0.4, -0.2) is 11.5 Å². The Balaban J connectivity index is 2.35. The van der Waals surface area contributed by atoms with Crippen LogP contribution in [-0.2, 0) is 0 Å². The lowest BCUT2D eigenvalue weighted by Crippen LogP contribution is -2.33. The maximum Gasteiger partial charge on any atom is -0.00363 e. The number of hydrogen-bond donors (Lipinski definition) is 0. The summed E-state index contributed by atoms with van der Waals surface area (Å²) in [6, 6.07) is 0. The highest BCUT2D eigenvalue weighted by molar-refractivity contribution is 7.99. The van der Waals surface area contributed by atoms with Crippen molar-refractivity contribution in [1.82, 2.24) is 0 Å². The molecule has 0 aromatic heterocycles. The number of thioether (sulfide) groups is 1. The minimum atomic E-state index is 0.524. The highest BCUT2D eigenvalue weighted by Crippen LogP contribution is 2.42. The zero-order valence-electron chi connectivity index (χ0n) is 11.7. The van der Waals surface area contributed by atoms with Crippen molar-refractivity contribution in [2.75, 3.05) is 11.5 Å². The van der Waals surface area contributed by atoms with Crippen LogP contribution in [0.25, 0.3) is 0 Å². The van der Waals surface area contributed by atoms with E-state index in [2.05, 4.69) is 39.5 Å². The Kier molecular flexibility index (Phi) is 6.25. The van der Waals surface area contributed by atoms with Crippen LogP contribution in [0.15, 0.2) is 0 Å². The van der Waals surface area contributed by atoms with E-state index in [1.165, 1.54) is 50.0 Å². The van der Waals surface area contributed by atoms with Gasteiger partial charge in [0, 0.05) is 0 Å². The Labute approximate surface area is 107 Å². The molecule has 0 amide bonds. The van der Waals surface area contributed by atoms with Crippen LogP contribution in [0.5, 0.6) is 0 Å². The Morgan fingerprint density at radius 3 is 2.50 bits per heavy atom. The molecule has 0 aromatic rings. The van der Waals surface area contributed by atoms with E-state index in [-0.39, 0.29) is 0 Å². The van der Waals surface area contributed by atoms with Gasteiger partial charge in [0.05, 0.1) is 0 Å². The van der Waals surface area contributed by atoms with Crippen molar-refractivity contribution in [2.24, 2.45) is 17.3 Å². The first kappa shape index (κ1) is 14.4. The summed E-state index contributed by atoms with van der Waals surface area (Å²) in [6.45, 7) is 9.61. The summed E-state index contributed by atoms with van der Waals surface area (Å²) in [7, 11) is 0. The number of rotatable bonds is 5. The Bertz CT molecular complexity index is 180. The van der Waals surface area contributed by atoms with Gasteiger partial charge in [-0.1, -0.05) is 53.4 Å². The van der Waals surface area contributed by atoms with Gasteiger partial charge in [0.2, 0.25) is 0 Å². The fourth-order valence-electron chi connectivity index (χ4n) is 3.05. The molecule has 0 N–H and O–H groups in total. The first-order valence-corrected chi connectivity index (χ1v) is 8.29. The average molecular weight is 242 g/mol. The molecule has 0 saturated carbocycles. The van der Waals surface area contributed by atoms with E-state index in [9.17, 15) is 0 Å². The lowest BCUT2D eigenvalue weighted by Gasteiger charge is -2.40. The van der Waals surface area contributed by atoms with E-state index in [1.807, 2.05) is 0 Å². The zero-order valence-corrected chi connectivity index (χ0v) is 12.5. The topological polar surface area (TPSA) is 0 Å². The molecule has 0 bridgehead atoms. The van der Waals surface area contributed by atoms with E-state index >= 15 is 0 Å². The monoisotopic (exact) mass is 242 g/mol. The minimum Gasteiger partial charge on any atom is -0.162 e. The molecule has 0 spiro atoms. The fraction of sp³-hybridized carbons (Fsp3) is 1.00. The van der Waals surface area contributed by atoms with Crippen LogP contribution in [0.1, 0.15) is 66.2 Å². The summed E-state index contributed by atoms with van der Waals surface area (Å²) < 4.78 is 0. The van der Waals surface area contributed by atoms with Crippen LogP contribution in [0, 0.1) is 17.3 Å². The quantitative estimate of drug-likeness (QED) is 0.584. The number of hydrogen-bond acceptors (Lipinski definition) is 1. The molecule has 1 fully saturated rings. The molecule has 0 aliphatic carbocycles. The zero-order chi connectivity index (χ0) is 12.0. The molecule has 0 nitrogen and oxygen atoms in total. The maximum absolute atomic E-state index is 2.44. The molecule has 96 valence electrons. The second-order valence-electron chi connectivity index (χ2n) is 6.45. The fourth-order valence-corrected chi connectivity index (χ4v) is 4.34. The molecule has 1 rings (SSSR count). The van der Waals surface area contributed by atoms with E-state index < -0.39 is 0 Å². The lowest BCUT2D eigenvalue weighted by molar-refractivity contribution is 0.152. The summed E-state index contributed by atoms with van der Waals surface area (Å²) in [5.41, 5.74) is 0.524. The molecule has 1 heteroatoms. The van der Waals surface area contributed by atoms with Gasteiger partial charge in [-0.25, -0.2) is 0 Å². The first-order chi connectivity index (χ1) is 7.55. The van der Waals surface area contributed by atoms with Crippen LogP contribution >= 0.6 is 11.8 Å². The number of unbranched alkanes of at least 4 members (excludes halogenated alkanes) is 3. The first-order valence-electron chi connectivity index (χ1n) is 7.13. The third-order valence-electron chi connectivity index (χ3n) is 4.01. The molecule has 1 unspecified atom stereocenters. The van der Waals surface area contributed by atoms with E-state index in [0.29, 0.717) is 5.41 Å². The van der Waals surface area contributed by atoms with Crippen LogP contribution in [0.2, 0.25) is 0 Å². The third-order valence-corrected chi connectivity index (χ3v) is 5.20. The van der Waals surface area contributed by atoms with Crippen molar-refractivity contribution in [3.8, 4) is 0 Å². The van der Waals surface area contributed by atoms with Crippen molar-refractivity contribution < 1.29 is 0 Å². The summed E-state index contributed by atoms with van der Waals surface area (Å²) in [5, 5.41) is 0. The molecule has 0 aromatic carbocycles. The molecule has 16 heavy (non-hydrogen) atoms. The Morgan fingerprint density at radius 2 is 1.88 bits per heavy atom. The van der Waals surface area contributed by atoms with E-state index in [0.717, 1.165) is 11.8 Å². The lowest BCUT2D eigenvalue weighted by atomic mass is 9.70. The third kappa shape index (κ3) is 4.69. The van der Waals surface area contributed by atoms with Crippen LogP contribution in [0.3, 0.4) is 0 Å². The molecule has 1 aliphatic rings. The largest absolute Gasteiger partial charge is 0.162 e. The SMILES string of the molecule is CCCCCC[C@H]1CSCCC1C(C)(C)C. The normalized spacial score (nSPS) is 27.0. The standard InChI is InChI=1S/C15H30S/c1-5-6-7-8-9-13-12-16-11-10-14(13)15(2,3)4/h13-14H,5-12H2,1-4H3/t13-,14?/m0/s1. The molecule has 0 radical (unpaired) electrons. The predicted molar refractivity (Wildman–Crippen MR) is 77.1 cm³/mol. The Morgan fingerprint density at radius 1 is 1.12 bits per heavy atom. The van der Waals surface area contributed by atoms with Crippen LogP contribution < -0.4 is 0 Å². The van der Waals surface area contributed by atoms with Crippen LogP contribution in [0.4, 0.5) is 0 Å². The van der Waals surface area contributed by atoms with Crippen molar-refractivity contribution in [2.45, 2.75) is 66.2 Å². The summed E-state index contributed by atoms with van der Waals surface area (Å²) >= 11 is 2.19. The highest BCUT2D eigenvalue weighted by atomic mass is 32.2. The van der Waals surface area contributed by atoms with Gasteiger partial charge >= 0.3 is 0 Å². The van der Waals surface area contributed by atoms with E-state index in [1.54, 1.807) is 0 Å². The molecular formula is C15H30S. The predicted octanol–water partition coefficient (Wildman–Crippen LogP) is 5.37. The van der Waals surface area contributed by atoms with Crippen molar-refractivity contribution in [3.05, 3.63) is 0 Å². The Hall–Kier alpha value is 0.350. The van der Waals surface area contributed by atoms with Crippen molar-refractivity contribution in [1.29, 1.82) is 0 Å². The van der Waals surface area contributed by atoms with Gasteiger partial charge in [0.15, 0.2) is 0 Å². The highest BCUT2D eigenvalue weighted by Gasteiger charge is 2.33. The summed E-state index contributed by atoms with van der Waals surface area (Å²) in [4.78, 5) is 0. The molecule has 1 saturated heterocycles. The van der Waals surface area contributed by atoms with Gasteiger partial charge in [0.25, 0.3) is 0 Å². The van der Waals surface area contributed by atoms with Crippen molar-refractivity contribution >= 4 is 11.8 Å². The summed E-state index contributed by atoms with van der Waals surface area (Å²) in [5.74, 6) is 4.78. The molecule has 1 aliphatic heterocycles. The molecule has 1 heterocycles. The van der Waals surface area contributed by atoms with Gasteiger partial charge in [0.1, 0.15) is 0 Å². The van der Waals surface area contributed by atoms with Gasteiger partial charge in [-0.3, -0.25) is 0 Å². The second-order valence-corrected chi connectivity index (χ2v) is 7.60. The van der Waals surface area contributed by atoms with Gasteiger partial charge in [-0.15, -0.1) is 0 Å². The molecular weight excluding hydrogens is 212 g/mol. The second kappa shape index (κ2) is 6.93. The van der Waals surface area contributed by atoms with Gasteiger partial charge < -0.3 is 0 Å². The van der Waals surface area contributed by atoms with Gasteiger partial charge in [-0.05, 0) is 41.6 Å². The average Bonchev–Trinajstić information content (AvgIpc) is 2.24. The maximum atomic E-state index is 2.44. The minimum absolute atomic E-state index is 0.524.